The quantitative estimate of drug-likeness (QED) is 0.224. The van der Waals surface area contributed by atoms with Crippen LogP contribution in [0.15, 0.2) is 29.2 Å². The van der Waals surface area contributed by atoms with E-state index in [9.17, 15) is 28.1 Å². The Balaban J connectivity index is 3.12. The molecule has 0 saturated carbocycles. The van der Waals surface area contributed by atoms with Gasteiger partial charge in [0.15, 0.2) is 5.78 Å². The van der Waals surface area contributed by atoms with Crippen molar-refractivity contribution in [2.75, 3.05) is 6.61 Å². The highest BCUT2D eigenvalue weighted by molar-refractivity contribution is 7.86. The summed E-state index contributed by atoms with van der Waals surface area (Å²) < 4.78 is 33.8. The number of hydrogen-bond donors (Lipinski definition) is 0. The second-order valence-corrected chi connectivity index (χ2v) is 6.56. The summed E-state index contributed by atoms with van der Waals surface area (Å²) in [5.41, 5.74) is -0.311. The van der Waals surface area contributed by atoms with Gasteiger partial charge < -0.3 is 4.74 Å². The first-order valence-corrected chi connectivity index (χ1v) is 8.39. The van der Waals surface area contributed by atoms with E-state index in [0.717, 1.165) is 24.3 Å². The fourth-order valence-corrected chi connectivity index (χ4v) is 2.65. The lowest BCUT2D eigenvalue weighted by Gasteiger charge is -2.16. The highest BCUT2D eigenvalue weighted by Gasteiger charge is 2.36. The zero-order valence-corrected chi connectivity index (χ0v) is 14.1. The molecule has 0 aromatic heterocycles. The number of nitro groups is 1. The van der Waals surface area contributed by atoms with Crippen molar-refractivity contribution in [2.24, 2.45) is 5.92 Å². The minimum Gasteiger partial charge on any atom is -0.464 e. The van der Waals surface area contributed by atoms with Crippen molar-refractivity contribution in [2.45, 2.75) is 31.8 Å². The Morgan fingerprint density at radius 2 is 1.75 bits per heavy atom. The van der Waals surface area contributed by atoms with Gasteiger partial charge in [-0.05, 0) is 19.1 Å². The second kappa shape index (κ2) is 7.97. The van der Waals surface area contributed by atoms with Crippen molar-refractivity contribution in [3.05, 3.63) is 34.4 Å². The van der Waals surface area contributed by atoms with E-state index in [4.69, 9.17) is 4.18 Å². The number of nitrogens with zero attached hydrogens (tertiary/aromatic N) is 1. The molecule has 24 heavy (non-hydrogen) atoms. The average molecular weight is 359 g/mol. The molecule has 0 radical (unpaired) electrons. The van der Waals surface area contributed by atoms with E-state index >= 15 is 0 Å². The highest BCUT2D eigenvalue weighted by atomic mass is 32.2. The van der Waals surface area contributed by atoms with Crippen molar-refractivity contribution >= 4 is 27.6 Å². The predicted octanol–water partition coefficient (Wildman–Crippen LogP) is 1.46. The van der Waals surface area contributed by atoms with Crippen LogP contribution in [0.3, 0.4) is 0 Å². The van der Waals surface area contributed by atoms with Crippen LogP contribution < -0.4 is 0 Å². The van der Waals surface area contributed by atoms with Gasteiger partial charge in [-0.1, -0.05) is 13.8 Å². The molecule has 1 aromatic rings. The zero-order chi connectivity index (χ0) is 18.5. The van der Waals surface area contributed by atoms with E-state index in [-0.39, 0.29) is 12.3 Å². The number of carbonyl (C=O) groups excluding carboxylic acids is 2. The van der Waals surface area contributed by atoms with Crippen LogP contribution in [-0.4, -0.2) is 37.8 Å². The molecule has 1 rings (SSSR count). The molecule has 0 spiro atoms. The molecule has 0 aliphatic carbocycles. The van der Waals surface area contributed by atoms with E-state index < -0.39 is 43.7 Å². The summed E-state index contributed by atoms with van der Waals surface area (Å²) in [6.07, 6.45) is -1.93. The van der Waals surface area contributed by atoms with Crippen molar-refractivity contribution in [3.8, 4) is 0 Å². The summed E-state index contributed by atoms with van der Waals surface area (Å²) >= 11 is 0. The van der Waals surface area contributed by atoms with Gasteiger partial charge in [-0.25, -0.2) is 8.98 Å². The molecule has 0 N–H and O–H groups in total. The summed E-state index contributed by atoms with van der Waals surface area (Å²) in [5.74, 6) is -2.52. The largest absolute Gasteiger partial charge is 0.464 e. The molecule has 1 aromatic carbocycles. The van der Waals surface area contributed by atoms with Gasteiger partial charge in [0.25, 0.3) is 15.8 Å². The Labute approximate surface area is 138 Å². The number of nitro benzene ring substituents is 1. The molecule has 1 atom stereocenters. The third kappa shape index (κ3) is 4.83. The average Bonchev–Trinajstić information content (AvgIpc) is 2.52. The van der Waals surface area contributed by atoms with Crippen molar-refractivity contribution in [3.63, 3.8) is 0 Å². The molecule has 10 heteroatoms. The Bertz CT molecular complexity index is 724. The molecule has 9 nitrogen and oxygen atoms in total. The fourth-order valence-electron chi connectivity index (χ4n) is 1.64. The maximum Gasteiger partial charge on any atom is 0.344 e. The Hall–Kier alpha value is -2.33. The SMILES string of the molecule is CCOC(=O)C(OS(=O)(=O)c1ccc([N+](=O)[O-])cc1)C(=O)C(C)C. The molecule has 0 fully saturated rings. The van der Waals surface area contributed by atoms with Crippen LogP contribution in [0.5, 0.6) is 0 Å². The first kappa shape index (κ1) is 19.7. The van der Waals surface area contributed by atoms with Crippen LogP contribution in [-0.2, 0) is 28.6 Å². The van der Waals surface area contributed by atoms with Crippen LogP contribution in [0.1, 0.15) is 20.8 Å². The van der Waals surface area contributed by atoms with E-state index in [1.165, 1.54) is 20.8 Å². The number of ether oxygens (including phenoxy) is 1. The van der Waals surface area contributed by atoms with Gasteiger partial charge in [0.05, 0.1) is 16.4 Å². The van der Waals surface area contributed by atoms with E-state index in [1.54, 1.807) is 0 Å². The summed E-state index contributed by atoms with van der Waals surface area (Å²) in [6, 6.07) is 3.85. The summed E-state index contributed by atoms with van der Waals surface area (Å²) in [5, 5.41) is 10.6. The minimum absolute atomic E-state index is 0.0539. The van der Waals surface area contributed by atoms with Crippen molar-refractivity contribution in [1.82, 2.24) is 0 Å². The molecule has 0 amide bonds. The molecule has 0 heterocycles. The van der Waals surface area contributed by atoms with Crippen LogP contribution in [0.4, 0.5) is 5.69 Å². The smallest absolute Gasteiger partial charge is 0.344 e. The molecule has 0 aliphatic rings. The molecule has 132 valence electrons. The Kier molecular flexibility index (Phi) is 6.55. The van der Waals surface area contributed by atoms with E-state index in [2.05, 4.69) is 4.74 Å². The number of Topliss-reactive ketones (excluding diaryl/α,β-unsaturated/α-hetero) is 1. The third-order valence-electron chi connectivity index (χ3n) is 2.89. The normalized spacial score (nSPS) is 12.7. The highest BCUT2D eigenvalue weighted by Crippen LogP contribution is 2.20. The fraction of sp³-hybridized carbons (Fsp3) is 0.429. The lowest BCUT2D eigenvalue weighted by molar-refractivity contribution is -0.384. The Morgan fingerprint density at radius 1 is 1.21 bits per heavy atom. The lowest BCUT2D eigenvalue weighted by atomic mass is 10.0. The maximum atomic E-state index is 12.2. The van der Waals surface area contributed by atoms with Crippen LogP contribution >= 0.6 is 0 Å². The van der Waals surface area contributed by atoms with Crippen molar-refractivity contribution in [1.29, 1.82) is 0 Å². The number of benzene rings is 1. The number of hydrogen-bond acceptors (Lipinski definition) is 8. The zero-order valence-electron chi connectivity index (χ0n) is 13.3. The van der Waals surface area contributed by atoms with E-state index in [0.29, 0.717) is 0 Å². The predicted molar refractivity (Wildman–Crippen MR) is 81.6 cm³/mol. The molecule has 1 unspecified atom stereocenters. The van der Waals surface area contributed by atoms with Gasteiger partial charge >= 0.3 is 5.97 Å². The number of rotatable bonds is 8. The first-order chi connectivity index (χ1) is 11.1. The third-order valence-corrected chi connectivity index (χ3v) is 4.18. The summed E-state index contributed by atoms with van der Waals surface area (Å²) in [7, 11) is -4.49. The van der Waals surface area contributed by atoms with Gasteiger partial charge in [-0.15, -0.1) is 0 Å². The van der Waals surface area contributed by atoms with Gasteiger partial charge in [0.1, 0.15) is 0 Å². The van der Waals surface area contributed by atoms with Gasteiger partial charge in [-0.2, -0.15) is 8.42 Å². The number of esters is 1. The van der Waals surface area contributed by atoms with Crippen LogP contribution in [0, 0.1) is 16.0 Å². The monoisotopic (exact) mass is 359 g/mol. The number of carbonyl (C=O) groups is 2. The summed E-state index contributed by atoms with van der Waals surface area (Å²) in [6.45, 7) is 4.41. The van der Waals surface area contributed by atoms with Crippen LogP contribution in [0.25, 0.3) is 0 Å². The molecular weight excluding hydrogens is 342 g/mol. The van der Waals surface area contributed by atoms with Crippen LogP contribution in [0.2, 0.25) is 0 Å². The number of ketones is 1. The number of non-ortho nitro benzene ring substituents is 1. The standard InChI is InChI=1S/C14H17NO8S/c1-4-22-14(17)13(12(16)9(2)3)23-24(20,21)11-7-5-10(6-8-11)15(18)19/h5-9,13H,4H2,1-3H3. The van der Waals surface area contributed by atoms with Gasteiger partial charge in [0, 0.05) is 18.1 Å². The lowest BCUT2D eigenvalue weighted by Crippen LogP contribution is -2.38. The maximum absolute atomic E-state index is 12.2. The molecule has 0 bridgehead atoms. The van der Waals surface area contributed by atoms with Gasteiger partial charge in [0.2, 0.25) is 6.10 Å². The second-order valence-electron chi connectivity index (χ2n) is 4.99. The van der Waals surface area contributed by atoms with E-state index in [1.807, 2.05) is 0 Å². The topological polar surface area (TPSA) is 130 Å². The minimum atomic E-state index is -4.49. The molecule has 0 aliphatic heterocycles. The molecular formula is C14H17NO8S. The Morgan fingerprint density at radius 3 is 2.17 bits per heavy atom. The van der Waals surface area contributed by atoms with Crippen molar-refractivity contribution < 1.29 is 31.9 Å². The first-order valence-electron chi connectivity index (χ1n) is 6.98. The summed E-state index contributed by atoms with van der Waals surface area (Å²) in [4.78, 5) is 33.3. The van der Waals surface area contributed by atoms with Gasteiger partial charge in [-0.3, -0.25) is 14.9 Å². The molecule has 0 saturated heterocycles.